The second-order valence-corrected chi connectivity index (χ2v) is 5.71. The van der Waals surface area contributed by atoms with Crippen LogP contribution in [-0.4, -0.2) is 19.6 Å². The minimum Gasteiger partial charge on any atom is -0.496 e. The van der Waals surface area contributed by atoms with Crippen molar-refractivity contribution in [2.45, 2.75) is 13.0 Å². The molecule has 4 nitrogen and oxygen atoms in total. The Morgan fingerprint density at radius 2 is 1.91 bits per heavy atom. The van der Waals surface area contributed by atoms with Crippen LogP contribution in [0.5, 0.6) is 5.75 Å². The van der Waals surface area contributed by atoms with Crippen molar-refractivity contribution in [1.82, 2.24) is 5.32 Å². The zero-order valence-corrected chi connectivity index (χ0v) is 14.2. The number of methoxy groups -OCH3 is 1. The van der Waals surface area contributed by atoms with Gasteiger partial charge in [0.15, 0.2) is 0 Å². The van der Waals surface area contributed by atoms with E-state index in [1.165, 1.54) is 0 Å². The van der Waals surface area contributed by atoms with Crippen LogP contribution in [0.3, 0.4) is 0 Å². The van der Waals surface area contributed by atoms with Crippen molar-refractivity contribution in [1.29, 1.82) is 0 Å². The summed E-state index contributed by atoms with van der Waals surface area (Å²) >= 11 is 11.8. The van der Waals surface area contributed by atoms with E-state index >= 15 is 0 Å². The molecule has 23 heavy (non-hydrogen) atoms. The van der Waals surface area contributed by atoms with Gasteiger partial charge in [0.05, 0.1) is 17.2 Å². The lowest BCUT2D eigenvalue weighted by Gasteiger charge is -2.10. The van der Waals surface area contributed by atoms with Crippen molar-refractivity contribution in [2.24, 2.45) is 0 Å². The lowest BCUT2D eigenvalue weighted by atomic mass is 10.2. The normalized spacial score (nSPS) is 10.2. The van der Waals surface area contributed by atoms with Gasteiger partial charge in [-0.05, 0) is 24.3 Å². The van der Waals surface area contributed by atoms with Crippen molar-refractivity contribution in [2.75, 3.05) is 19.0 Å². The molecule has 0 aliphatic heterocycles. The average molecular weight is 353 g/mol. The van der Waals surface area contributed by atoms with Gasteiger partial charge >= 0.3 is 0 Å². The van der Waals surface area contributed by atoms with Gasteiger partial charge in [-0.3, -0.25) is 4.79 Å². The number of nitrogens with one attached hydrogen (secondary N) is 2. The standard InChI is InChI=1S/C17H18Cl2N2O2/c1-23-16-5-3-2-4-12(16)11-21-17(22)8-9-20-13-6-7-14(18)15(19)10-13/h2-7,10,20H,8-9,11H2,1H3,(H,21,22). The van der Waals surface area contributed by atoms with E-state index in [0.717, 1.165) is 17.0 Å². The van der Waals surface area contributed by atoms with Gasteiger partial charge in [-0.2, -0.15) is 0 Å². The Morgan fingerprint density at radius 1 is 1.13 bits per heavy atom. The first kappa shape index (κ1) is 17.4. The first-order chi connectivity index (χ1) is 11.1. The molecule has 0 saturated carbocycles. The molecule has 6 heteroatoms. The van der Waals surface area contributed by atoms with Gasteiger partial charge in [0.1, 0.15) is 5.75 Å². The number of anilines is 1. The van der Waals surface area contributed by atoms with E-state index in [0.29, 0.717) is 29.6 Å². The predicted molar refractivity (Wildman–Crippen MR) is 94.4 cm³/mol. The Hall–Kier alpha value is -1.91. The third kappa shape index (κ3) is 5.34. The minimum atomic E-state index is -0.0385. The highest BCUT2D eigenvalue weighted by atomic mass is 35.5. The summed E-state index contributed by atoms with van der Waals surface area (Å²) in [5.74, 6) is 0.727. The summed E-state index contributed by atoms with van der Waals surface area (Å²) in [4.78, 5) is 11.9. The second-order valence-electron chi connectivity index (χ2n) is 4.89. The Bertz CT molecular complexity index is 677. The second kappa shape index (κ2) is 8.65. The number of benzene rings is 2. The molecule has 0 unspecified atom stereocenters. The maximum atomic E-state index is 11.9. The maximum absolute atomic E-state index is 11.9. The third-order valence-electron chi connectivity index (χ3n) is 3.27. The molecule has 2 rings (SSSR count). The van der Waals surface area contributed by atoms with Crippen molar-refractivity contribution in [3.05, 3.63) is 58.1 Å². The van der Waals surface area contributed by atoms with Gasteiger partial charge in [-0.15, -0.1) is 0 Å². The summed E-state index contributed by atoms with van der Waals surface area (Å²) in [5.41, 5.74) is 1.78. The molecule has 0 bridgehead atoms. The van der Waals surface area contributed by atoms with Crippen molar-refractivity contribution < 1.29 is 9.53 Å². The number of halogens is 2. The largest absolute Gasteiger partial charge is 0.496 e. The molecular weight excluding hydrogens is 335 g/mol. The number of ether oxygens (including phenoxy) is 1. The van der Waals surface area contributed by atoms with Gasteiger partial charge in [0.2, 0.25) is 5.91 Å². The molecule has 0 atom stereocenters. The van der Waals surface area contributed by atoms with Crippen molar-refractivity contribution >= 4 is 34.8 Å². The average Bonchev–Trinajstić information content (AvgIpc) is 2.56. The Labute approximate surface area is 145 Å². The molecule has 0 spiro atoms. The van der Waals surface area contributed by atoms with Crippen LogP contribution in [0.25, 0.3) is 0 Å². The fourth-order valence-electron chi connectivity index (χ4n) is 2.06. The van der Waals surface area contributed by atoms with E-state index in [4.69, 9.17) is 27.9 Å². The first-order valence-electron chi connectivity index (χ1n) is 7.17. The Kier molecular flexibility index (Phi) is 6.56. The lowest BCUT2D eigenvalue weighted by Crippen LogP contribution is -2.25. The van der Waals surface area contributed by atoms with Crippen molar-refractivity contribution in [3.8, 4) is 5.75 Å². The molecule has 2 aromatic rings. The molecule has 0 heterocycles. The topological polar surface area (TPSA) is 50.4 Å². The maximum Gasteiger partial charge on any atom is 0.222 e. The third-order valence-corrected chi connectivity index (χ3v) is 4.01. The monoisotopic (exact) mass is 352 g/mol. The summed E-state index contributed by atoms with van der Waals surface area (Å²) < 4.78 is 5.25. The number of hydrogen-bond acceptors (Lipinski definition) is 3. The number of amides is 1. The predicted octanol–water partition coefficient (Wildman–Crippen LogP) is 4.12. The van der Waals surface area contributed by atoms with Crippen LogP contribution < -0.4 is 15.4 Å². The molecule has 2 N–H and O–H groups in total. The van der Waals surface area contributed by atoms with Gasteiger partial charge < -0.3 is 15.4 Å². The number of carbonyl (C=O) groups excluding carboxylic acids is 1. The summed E-state index contributed by atoms with van der Waals surface area (Å²) in [7, 11) is 1.61. The van der Waals surface area contributed by atoms with E-state index in [-0.39, 0.29) is 5.91 Å². The first-order valence-corrected chi connectivity index (χ1v) is 7.93. The number of rotatable bonds is 7. The Morgan fingerprint density at radius 3 is 2.65 bits per heavy atom. The molecule has 122 valence electrons. The fourth-order valence-corrected chi connectivity index (χ4v) is 2.36. The molecule has 0 aliphatic carbocycles. The Balaban J connectivity index is 1.76. The van der Waals surface area contributed by atoms with Gasteiger partial charge in [0, 0.05) is 30.8 Å². The van der Waals surface area contributed by atoms with Gasteiger partial charge in [-0.25, -0.2) is 0 Å². The van der Waals surface area contributed by atoms with Crippen LogP contribution in [0.4, 0.5) is 5.69 Å². The van der Waals surface area contributed by atoms with Crippen LogP contribution in [-0.2, 0) is 11.3 Å². The van der Waals surface area contributed by atoms with E-state index < -0.39 is 0 Å². The van der Waals surface area contributed by atoms with Crippen LogP contribution in [0, 0.1) is 0 Å². The van der Waals surface area contributed by atoms with Crippen LogP contribution in [0.1, 0.15) is 12.0 Å². The molecular formula is C17H18Cl2N2O2. The smallest absolute Gasteiger partial charge is 0.222 e. The van der Waals surface area contributed by atoms with Crippen LogP contribution in [0.15, 0.2) is 42.5 Å². The zero-order valence-electron chi connectivity index (χ0n) is 12.7. The van der Waals surface area contributed by atoms with Crippen molar-refractivity contribution in [3.63, 3.8) is 0 Å². The highest BCUT2D eigenvalue weighted by Gasteiger charge is 2.05. The highest BCUT2D eigenvalue weighted by molar-refractivity contribution is 6.42. The summed E-state index contributed by atoms with van der Waals surface area (Å²) in [6, 6.07) is 12.9. The zero-order chi connectivity index (χ0) is 16.7. The van der Waals surface area contributed by atoms with Crippen LogP contribution in [0.2, 0.25) is 10.0 Å². The number of para-hydroxylation sites is 1. The molecule has 0 aliphatic rings. The van der Waals surface area contributed by atoms with E-state index in [9.17, 15) is 4.79 Å². The summed E-state index contributed by atoms with van der Waals surface area (Å²) in [6.45, 7) is 0.950. The number of carbonyl (C=O) groups is 1. The van der Waals surface area contributed by atoms with E-state index in [1.54, 1.807) is 19.2 Å². The highest BCUT2D eigenvalue weighted by Crippen LogP contribution is 2.24. The molecule has 0 fully saturated rings. The van der Waals surface area contributed by atoms with Gasteiger partial charge in [0.25, 0.3) is 0 Å². The molecule has 0 saturated heterocycles. The van der Waals surface area contributed by atoms with E-state index in [1.807, 2.05) is 30.3 Å². The molecule has 1 amide bonds. The number of hydrogen-bond donors (Lipinski definition) is 2. The summed E-state index contributed by atoms with van der Waals surface area (Å²) in [6.07, 6.45) is 0.357. The molecule has 0 radical (unpaired) electrons. The lowest BCUT2D eigenvalue weighted by molar-refractivity contribution is -0.121. The molecule has 2 aromatic carbocycles. The van der Waals surface area contributed by atoms with E-state index in [2.05, 4.69) is 10.6 Å². The van der Waals surface area contributed by atoms with Gasteiger partial charge in [-0.1, -0.05) is 41.4 Å². The fraction of sp³-hybridized carbons (Fsp3) is 0.235. The molecule has 0 aromatic heterocycles. The van der Waals surface area contributed by atoms with Crippen LogP contribution >= 0.6 is 23.2 Å². The quantitative estimate of drug-likeness (QED) is 0.787. The minimum absolute atomic E-state index is 0.0385. The summed E-state index contributed by atoms with van der Waals surface area (Å²) in [5, 5.41) is 7.00. The SMILES string of the molecule is COc1ccccc1CNC(=O)CCNc1ccc(Cl)c(Cl)c1.